The molecule has 1 aliphatic rings. The fourth-order valence-electron chi connectivity index (χ4n) is 3.28. The highest BCUT2D eigenvalue weighted by Crippen LogP contribution is 2.25. The van der Waals surface area contributed by atoms with E-state index in [9.17, 15) is 18.7 Å². The predicted octanol–water partition coefficient (Wildman–Crippen LogP) is 2.79. The first-order valence-corrected chi connectivity index (χ1v) is 9.56. The lowest BCUT2D eigenvalue weighted by Crippen LogP contribution is -2.40. The van der Waals surface area contributed by atoms with Gasteiger partial charge < -0.3 is 19.9 Å². The average molecular weight is 418 g/mol. The third-order valence-corrected chi connectivity index (χ3v) is 4.79. The molecule has 1 aliphatic heterocycles. The number of aromatic nitrogens is 3. The van der Waals surface area contributed by atoms with Crippen LogP contribution in [0.15, 0.2) is 35.3 Å². The van der Waals surface area contributed by atoms with Crippen molar-refractivity contribution in [1.82, 2.24) is 14.5 Å². The van der Waals surface area contributed by atoms with E-state index in [4.69, 9.17) is 9.47 Å². The maximum atomic E-state index is 13.9. The molecule has 8 nitrogen and oxygen atoms in total. The molecule has 0 radical (unpaired) electrons. The largest absolute Gasteiger partial charge is 0.448 e. The van der Waals surface area contributed by atoms with Crippen LogP contribution in [-0.2, 0) is 11.3 Å². The van der Waals surface area contributed by atoms with Gasteiger partial charge >= 0.3 is 0 Å². The summed E-state index contributed by atoms with van der Waals surface area (Å²) in [5, 5.41) is 13.5. The molecule has 1 saturated heterocycles. The van der Waals surface area contributed by atoms with Crippen LogP contribution >= 0.6 is 0 Å². The SMILES string of the molecule is CCn1c(=O)c(Oc2ccc(F)cc2F)cc2cnc(NC3OCCCC3O)nc21. The molecule has 30 heavy (non-hydrogen) atoms. The van der Waals surface area contributed by atoms with E-state index in [1.165, 1.54) is 16.8 Å². The Morgan fingerprint density at radius 1 is 1.33 bits per heavy atom. The first kappa shape index (κ1) is 20.2. The number of benzene rings is 1. The van der Waals surface area contributed by atoms with E-state index in [1.807, 2.05) is 0 Å². The number of nitrogens with one attached hydrogen (secondary N) is 1. The van der Waals surface area contributed by atoms with Gasteiger partial charge in [0.1, 0.15) is 11.5 Å². The number of pyridine rings is 1. The van der Waals surface area contributed by atoms with Crippen molar-refractivity contribution < 1.29 is 23.4 Å². The van der Waals surface area contributed by atoms with Crippen LogP contribution in [-0.4, -0.2) is 38.6 Å². The molecular formula is C20H20F2N4O4. The Kier molecular flexibility index (Phi) is 5.60. The van der Waals surface area contributed by atoms with E-state index in [0.29, 0.717) is 30.1 Å². The number of fused-ring (bicyclic) bond motifs is 1. The van der Waals surface area contributed by atoms with Crippen LogP contribution in [0.2, 0.25) is 0 Å². The Morgan fingerprint density at radius 3 is 2.90 bits per heavy atom. The van der Waals surface area contributed by atoms with E-state index in [1.54, 1.807) is 6.92 Å². The van der Waals surface area contributed by atoms with Gasteiger partial charge in [-0.2, -0.15) is 4.98 Å². The minimum atomic E-state index is -0.917. The third kappa shape index (κ3) is 3.96. The summed E-state index contributed by atoms with van der Waals surface area (Å²) in [5.41, 5.74) is -0.176. The number of aryl methyl sites for hydroxylation is 1. The maximum absolute atomic E-state index is 13.9. The van der Waals surface area contributed by atoms with Gasteiger partial charge in [-0.15, -0.1) is 0 Å². The lowest BCUT2D eigenvalue weighted by atomic mass is 10.1. The van der Waals surface area contributed by atoms with Crippen LogP contribution in [0.3, 0.4) is 0 Å². The van der Waals surface area contributed by atoms with E-state index >= 15 is 0 Å². The zero-order valence-electron chi connectivity index (χ0n) is 16.1. The van der Waals surface area contributed by atoms with Crippen molar-refractivity contribution in [1.29, 1.82) is 0 Å². The second-order valence-electron chi connectivity index (χ2n) is 6.85. The van der Waals surface area contributed by atoms with Gasteiger partial charge in [-0.3, -0.25) is 9.36 Å². The normalized spacial score (nSPS) is 19.1. The van der Waals surface area contributed by atoms with Crippen molar-refractivity contribution in [3.8, 4) is 11.5 Å². The summed E-state index contributed by atoms with van der Waals surface area (Å²) in [6.45, 7) is 2.55. The van der Waals surface area contributed by atoms with Gasteiger partial charge in [0.15, 0.2) is 23.5 Å². The summed E-state index contributed by atoms with van der Waals surface area (Å²) in [6.07, 6.45) is 1.53. The highest BCUT2D eigenvalue weighted by atomic mass is 19.1. The molecule has 0 amide bonds. The van der Waals surface area contributed by atoms with Crippen molar-refractivity contribution in [2.45, 2.75) is 38.6 Å². The smallest absolute Gasteiger partial charge is 0.295 e. The average Bonchev–Trinajstić information content (AvgIpc) is 2.72. The van der Waals surface area contributed by atoms with E-state index in [0.717, 1.165) is 18.6 Å². The molecule has 2 unspecified atom stereocenters. The van der Waals surface area contributed by atoms with Crippen LogP contribution < -0.4 is 15.6 Å². The molecule has 3 heterocycles. The molecule has 2 N–H and O–H groups in total. The maximum Gasteiger partial charge on any atom is 0.295 e. The molecule has 4 rings (SSSR count). The molecule has 158 valence electrons. The fraction of sp³-hybridized carbons (Fsp3) is 0.350. The zero-order chi connectivity index (χ0) is 21.3. The number of anilines is 1. The second-order valence-corrected chi connectivity index (χ2v) is 6.85. The lowest BCUT2D eigenvalue weighted by Gasteiger charge is -2.28. The van der Waals surface area contributed by atoms with E-state index in [-0.39, 0.29) is 24.0 Å². The number of hydrogen-bond acceptors (Lipinski definition) is 7. The molecular weight excluding hydrogens is 398 g/mol. The number of halogens is 2. The van der Waals surface area contributed by atoms with Gasteiger partial charge in [-0.25, -0.2) is 13.8 Å². The summed E-state index contributed by atoms with van der Waals surface area (Å²) in [4.78, 5) is 21.4. The highest BCUT2D eigenvalue weighted by molar-refractivity contribution is 5.77. The number of hydrogen-bond donors (Lipinski definition) is 2. The van der Waals surface area contributed by atoms with Gasteiger partial charge in [0.25, 0.3) is 5.56 Å². The number of aliphatic hydroxyl groups excluding tert-OH is 1. The minimum absolute atomic E-state index is 0.134. The van der Waals surface area contributed by atoms with Gasteiger partial charge in [-0.05, 0) is 38.0 Å². The molecule has 0 saturated carbocycles. The van der Waals surface area contributed by atoms with Crippen molar-refractivity contribution in [2.24, 2.45) is 0 Å². The minimum Gasteiger partial charge on any atom is -0.448 e. The fourth-order valence-corrected chi connectivity index (χ4v) is 3.28. The van der Waals surface area contributed by atoms with Crippen molar-refractivity contribution >= 4 is 17.0 Å². The number of aliphatic hydroxyl groups is 1. The lowest BCUT2D eigenvalue weighted by molar-refractivity contribution is -0.0587. The van der Waals surface area contributed by atoms with Gasteiger partial charge in [0.2, 0.25) is 5.95 Å². The molecule has 3 aromatic rings. The number of nitrogens with zero attached hydrogens (tertiary/aromatic N) is 3. The predicted molar refractivity (Wildman–Crippen MR) is 105 cm³/mol. The van der Waals surface area contributed by atoms with Gasteiger partial charge in [-0.1, -0.05) is 0 Å². The van der Waals surface area contributed by atoms with Crippen LogP contribution in [0.4, 0.5) is 14.7 Å². The van der Waals surface area contributed by atoms with E-state index in [2.05, 4.69) is 15.3 Å². The Bertz CT molecular complexity index is 1140. The Labute approximate surface area is 170 Å². The van der Waals surface area contributed by atoms with Crippen LogP contribution in [0, 0.1) is 11.6 Å². The van der Waals surface area contributed by atoms with Gasteiger partial charge in [0, 0.05) is 30.8 Å². The molecule has 2 aromatic heterocycles. The second kappa shape index (κ2) is 8.33. The Morgan fingerprint density at radius 2 is 2.17 bits per heavy atom. The van der Waals surface area contributed by atoms with Crippen LogP contribution in [0.5, 0.6) is 11.5 Å². The summed E-state index contributed by atoms with van der Waals surface area (Å²) < 4.78 is 39.3. The topological polar surface area (TPSA) is 98.5 Å². The Balaban J connectivity index is 1.69. The monoisotopic (exact) mass is 418 g/mol. The third-order valence-electron chi connectivity index (χ3n) is 4.79. The first-order chi connectivity index (χ1) is 14.5. The number of ether oxygens (including phenoxy) is 2. The Hall–Kier alpha value is -3.11. The van der Waals surface area contributed by atoms with Crippen molar-refractivity contribution in [3.63, 3.8) is 0 Å². The van der Waals surface area contributed by atoms with Crippen molar-refractivity contribution in [3.05, 3.63) is 52.5 Å². The summed E-state index contributed by atoms with van der Waals surface area (Å²) in [7, 11) is 0. The summed E-state index contributed by atoms with van der Waals surface area (Å²) in [5.74, 6) is -1.86. The standard InChI is InChI=1S/C20H20F2N4O4/c1-2-26-17-11(10-23-20(24-17)25-18-14(27)4-3-7-29-18)8-16(19(26)28)30-15-6-5-12(21)9-13(15)22/h5-6,8-10,14,18,27H,2-4,7H2,1H3,(H,23,24,25). The van der Waals surface area contributed by atoms with Crippen LogP contribution in [0.25, 0.3) is 11.0 Å². The molecule has 2 atom stereocenters. The molecule has 1 aromatic carbocycles. The van der Waals surface area contributed by atoms with E-state index < -0.39 is 29.5 Å². The zero-order valence-corrected chi connectivity index (χ0v) is 16.1. The number of rotatable bonds is 5. The summed E-state index contributed by atoms with van der Waals surface area (Å²) >= 11 is 0. The molecule has 1 fully saturated rings. The first-order valence-electron chi connectivity index (χ1n) is 9.56. The van der Waals surface area contributed by atoms with Gasteiger partial charge in [0.05, 0.1) is 6.10 Å². The molecule has 10 heteroatoms. The van der Waals surface area contributed by atoms with Crippen LogP contribution in [0.1, 0.15) is 19.8 Å². The molecule has 0 spiro atoms. The van der Waals surface area contributed by atoms with Crippen molar-refractivity contribution in [2.75, 3.05) is 11.9 Å². The molecule has 0 aliphatic carbocycles. The quantitative estimate of drug-likeness (QED) is 0.657. The summed E-state index contributed by atoms with van der Waals surface area (Å²) in [6, 6.07) is 4.24. The molecule has 0 bridgehead atoms. The highest BCUT2D eigenvalue weighted by Gasteiger charge is 2.24.